The Morgan fingerprint density at radius 1 is 1.64 bits per heavy atom. The first kappa shape index (κ1) is 9.18. The molecule has 1 aliphatic rings. The summed E-state index contributed by atoms with van der Waals surface area (Å²) in [5, 5.41) is 0. The molecule has 0 bridgehead atoms. The molecule has 1 aromatic rings. The maximum Gasteiger partial charge on any atom is 0.222 e. The molecule has 1 aliphatic heterocycles. The predicted molar refractivity (Wildman–Crippen MR) is 52.4 cm³/mol. The van der Waals surface area contributed by atoms with Crippen LogP contribution in [0.2, 0.25) is 0 Å². The fourth-order valence-corrected chi connectivity index (χ4v) is 1.72. The average molecular weight is 196 g/mol. The maximum absolute atomic E-state index is 13.3. The molecule has 1 atom stereocenters. The number of aromatic nitrogens is 2. The van der Waals surface area contributed by atoms with Crippen LogP contribution in [0.15, 0.2) is 6.20 Å². The molecule has 4 nitrogen and oxygen atoms in total. The topological polar surface area (TPSA) is 55.0 Å². The van der Waals surface area contributed by atoms with E-state index in [4.69, 9.17) is 5.73 Å². The second-order valence-corrected chi connectivity index (χ2v) is 3.74. The Kier molecular flexibility index (Phi) is 2.23. The second kappa shape index (κ2) is 3.40. The number of hydrogen-bond donors (Lipinski definition) is 1. The fraction of sp³-hybridized carbons (Fsp3) is 0.556. The lowest BCUT2D eigenvalue weighted by Crippen LogP contribution is -2.22. The highest BCUT2D eigenvalue weighted by Crippen LogP contribution is 2.23. The van der Waals surface area contributed by atoms with Gasteiger partial charge in [0.1, 0.15) is 0 Å². The van der Waals surface area contributed by atoms with E-state index in [0.717, 1.165) is 25.7 Å². The average Bonchev–Trinajstić information content (AvgIpc) is 2.56. The summed E-state index contributed by atoms with van der Waals surface area (Å²) in [6.07, 6.45) is 2.20. The molecule has 5 heteroatoms. The third-order valence-electron chi connectivity index (χ3n) is 2.47. The van der Waals surface area contributed by atoms with Crippen LogP contribution in [0, 0.1) is 11.7 Å². The number of rotatable bonds is 1. The van der Waals surface area contributed by atoms with Gasteiger partial charge < -0.3 is 10.6 Å². The van der Waals surface area contributed by atoms with Gasteiger partial charge in [-0.3, -0.25) is 0 Å². The Bertz CT molecular complexity index is 342. The van der Waals surface area contributed by atoms with Crippen molar-refractivity contribution >= 4 is 11.8 Å². The number of anilines is 2. The van der Waals surface area contributed by atoms with Crippen molar-refractivity contribution in [2.75, 3.05) is 23.7 Å². The molecule has 0 aliphatic carbocycles. The Labute approximate surface area is 82.0 Å². The van der Waals surface area contributed by atoms with E-state index < -0.39 is 5.82 Å². The molecule has 1 fully saturated rings. The van der Waals surface area contributed by atoms with Gasteiger partial charge in [0.15, 0.2) is 11.6 Å². The van der Waals surface area contributed by atoms with Crippen molar-refractivity contribution in [1.29, 1.82) is 0 Å². The molecule has 2 heterocycles. The number of nitrogen functional groups attached to an aromatic ring is 1. The van der Waals surface area contributed by atoms with Crippen molar-refractivity contribution in [2.24, 2.45) is 5.92 Å². The Morgan fingerprint density at radius 3 is 3.07 bits per heavy atom. The van der Waals surface area contributed by atoms with Crippen molar-refractivity contribution in [3.63, 3.8) is 0 Å². The first-order valence-electron chi connectivity index (χ1n) is 4.70. The van der Waals surface area contributed by atoms with Gasteiger partial charge in [0.25, 0.3) is 0 Å². The van der Waals surface area contributed by atoms with E-state index in [-0.39, 0.29) is 5.95 Å². The Balaban J connectivity index is 2.27. The predicted octanol–water partition coefficient (Wildman–Crippen LogP) is 1.04. The quantitative estimate of drug-likeness (QED) is 0.729. The molecule has 1 unspecified atom stereocenters. The molecular weight excluding hydrogens is 183 g/mol. The molecule has 2 N–H and O–H groups in total. The summed E-state index contributed by atoms with van der Waals surface area (Å²) < 4.78 is 13.3. The summed E-state index contributed by atoms with van der Waals surface area (Å²) in [6, 6.07) is 0. The minimum atomic E-state index is -0.395. The molecule has 1 saturated heterocycles. The van der Waals surface area contributed by atoms with Gasteiger partial charge in [0.05, 0.1) is 6.20 Å². The highest BCUT2D eigenvalue weighted by atomic mass is 19.1. The van der Waals surface area contributed by atoms with Gasteiger partial charge in [-0.15, -0.1) is 0 Å². The van der Waals surface area contributed by atoms with Crippen LogP contribution in [0.1, 0.15) is 13.3 Å². The van der Waals surface area contributed by atoms with Crippen LogP contribution in [0.4, 0.5) is 16.2 Å². The molecule has 76 valence electrons. The zero-order valence-electron chi connectivity index (χ0n) is 8.07. The molecular formula is C9H13FN4. The number of hydrogen-bond acceptors (Lipinski definition) is 4. The molecule has 14 heavy (non-hydrogen) atoms. The third kappa shape index (κ3) is 1.62. The van der Waals surface area contributed by atoms with Crippen LogP contribution in [0.5, 0.6) is 0 Å². The van der Waals surface area contributed by atoms with Crippen molar-refractivity contribution in [3.05, 3.63) is 12.0 Å². The lowest BCUT2D eigenvalue weighted by molar-refractivity contribution is 0.606. The summed E-state index contributed by atoms with van der Waals surface area (Å²) in [5.74, 6) is 0.654. The third-order valence-corrected chi connectivity index (χ3v) is 2.47. The van der Waals surface area contributed by atoms with Gasteiger partial charge in [-0.1, -0.05) is 6.92 Å². The van der Waals surface area contributed by atoms with E-state index in [9.17, 15) is 4.39 Å². The van der Waals surface area contributed by atoms with Gasteiger partial charge >= 0.3 is 0 Å². The zero-order chi connectivity index (χ0) is 10.1. The molecule has 2 rings (SSSR count). The van der Waals surface area contributed by atoms with Gasteiger partial charge in [0, 0.05) is 13.1 Å². The number of nitrogens with zero attached hydrogens (tertiary/aromatic N) is 3. The summed E-state index contributed by atoms with van der Waals surface area (Å²) >= 11 is 0. The first-order chi connectivity index (χ1) is 6.66. The van der Waals surface area contributed by atoms with Gasteiger partial charge in [-0.05, 0) is 12.3 Å². The summed E-state index contributed by atoms with van der Waals surface area (Å²) in [6.45, 7) is 3.82. The minimum absolute atomic E-state index is 0.126. The first-order valence-corrected chi connectivity index (χ1v) is 4.70. The SMILES string of the molecule is CC1CCN(c2nc(N)ncc2F)C1. The van der Waals surface area contributed by atoms with Gasteiger partial charge in [-0.2, -0.15) is 4.98 Å². The van der Waals surface area contributed by atoms with Crippen molar-refractivity contribution in [3.8, 4) is 0 Å². The highest BCUT2D eigenvalue weighted by Gasteiger charge is 2.22. The summed E-state index contributed by atoms with van der Waals surface area (Å²) in [4.78, 5) is 9.42. The lowest BCUT2D eigenvalue weighted by Gasteiger charge is -2.17. The van der Waals surface area contributed by atoms with Crippen molar-refractivity contribution in [1.82, 2.24) is 9.97 Å². The smallest absolute Gasteiger partial charge is 0.222 e. The molecule has 0 saturated carbocycles. The van der Waals surface area contributed by atoms with Crippen LogP contribution in [-0.4, -0.2) is 23.1 Å². The Hall–Kier alpha value is -1.39. The van der Waals surface area contributed by atoms with E-state index >= 15 is 0 Å². The monoisotopic (exact) mass is 196 g/mol. The highest BCUT2D eigenvalue weighted by molar-refractivity contribution is 5.43. The fourth-order valence-electron chi connectivity index (χ4n) is 1.72. The normalized spacial score (nSPS) is 21.6. The van der Waals surface area contributed by atoms with Crippen LogP contribution in [-0.2, 0) is 0 Å². The number of nitrogens with two attached hydrogens (primary N) is 1. The molecule has 0 amide bonds. The van der Waals surface area contributed by atoms with Gasteiger partial charge in [0.2, 0.25) is 5.95 Å². The zero-order valence-corrected chi connectivity index (χ0v) is 8.07. The van der Waals surface area contributed by atoms with Crippen LogP contribution < -0.4 is 10.6 Å². The second-order valence-electron chi connectivity index (χ2n) is 3.74. The van der Waals surface area contributed by atoms with Crippen LogP contribution >= 0.6 is 0 Å². The molecule has 0 radical (unpaired) electrons. The van der Waals surface area contributed by atoms with E-state index in [1.165, 1.54) is 0 Å². The van der Waals surface area contributed by atoms with Gasteiger partial charge in [-0.25, -0.2) is 9.37 Å². The summed E-state index contributed by atoms with van der Waals surface area (Å²) in [5.41, 5.74) is 5.41. The van der Waals surface area contributed by atoms with E-state index in [1.54, 1.807) is 0 Å². The Morgan fingerprint density at radius 2 is 2.43 bits per heavy atom. The maximum atomic E-state index is 13.3. The van der Waals surface area contributed by atoms with E-state index in [2.05, 4.69) is 16.9 Å². The van der Waals surface area contributed by atoms with Crippen molar-refractivity contribution < 1.29 is 4.39 Å². The molecule has 1 aromatic heterocycles. The van der Waals surface area contributed by atoms with Crippen LogP contribution in [0.3, 0.4) is 0 Å². The standard InChI is InChI=1S/C9H13FN4/c1-6-2-3-14(5-6)8-7(10)4-12-9(11)13-8/h4,6H,2-3,5H2,1H3,(H2,11,12,13). The van der Waals surface area contributed by atoms with Crippen molar-refractivity contribution in [2.45, 2.75) is 13.3 Å². The van der Waals surface area contributed by atoms with E-state index in [1.807, 2.05) is 4.90 Å². The number of halogens is 1. The minimum Gasteiger partial charge on any atom is -0.368 e. The van der Waals surface area contributed by atoms with E-state index in [0.29, 0.717) is 11.7 Å². The lowest BCUT2D eigenvalue weighted by atomic mass is 10.2. The molecule has 0 aromatic carbocycles. The molecule has 0 spiro atoms. The summed E-state index contributed by atoms with van der Waals surface area (Å²) in [7, 11) is 0. The largest absolute Gasteiger partial charge is 0.368 e. The van der Waals surface area contributed by atoms with Crippen LogP contribution in [0.25, 0.3) is 0 Å².